The molecular formula is C15H19N3. The fraction of sp³-hybridized carbons (Fsp3) is 0.267. The van der Waals surface area contributed by atoms with Crippen molar-refractivity contribution in [1.29, 1.82) is 0 Å². The van der Waals surface area contributed by atoms with Crippen molar-refractivity contribution in [2.75, 3.05) is 19.3 Å². The van der Waals surface area contributed by atoms with Gasteiger partial charge < -0.3 is 5.73 Å². The third-order valence-electron chi connectivity index (χ3n) is 2.77. The van der Waals surface area contributed by atoms with Crippen LogP contribution in [0.5, 0.6) is 0 Å². The molecule has 1 aromatic heterocycles. The summed E-state index contributed by atoms with van der Waals surface area (Å²) in [6.07, 6.45) is 0. The van der Waals surface area contributed by atoms with Gasteiger partial charge in [0.25, 0.3) is 0 Å². The first kappa shape index (κ1) is 12.6. The summed E-state index contributed by atoms with van der Waals surface area (Å²) in [6.45, 7) is 7.59. The highest BCUT2D eigenvalue weighted by atomic mass is 15.1. The molecule has 18 heavy (non-hydrogen) atoms. The average Bonchev–Trinajstić information content (AvgIpc) is 2.27. The van der Waals surface area contributed by atoms with Gasteiger partial charge in [0, 0.05) is 24.2 Å². The Hall–Kier alpha value is -1.87. The van der Waals surface area contributed by atoms with Crippen LogP contribution >= 0.6 is 0 Å². The maximum atomic E-state index is 6.06. The number of nitrogens with two attached hydrogens (primary N) is 1. The van der Waals surface area contributed by atoms with E-state index in [0.29, 0.717) is 0 Å². The molecule has 0 aliphatic carbocycles. The van der Waals surface area contributed by atoms with Crippen molar-refractivity contribution in [2.45, 2.75) is 13.5 Å². The Kier molecular flexibility index (Phi) is 3.63. The number of rotatable bonds is 4. The third kappa shape index (κ3) is 2.87. The molecule has 3 nitrogen and oxygen atoms in total. The second-order valence-electron chi connectivity index (χ2n) is 4.85. The van der Waals surface area contributed by atoms with Crippen LogP contribution < -0.4 is 5.73 Å². The Balaban J connectivity index is 2.27. The molecule has 94 valence electrons. The molecular weight excluding hydrogens is 222 g/mol. The van der Waals surface area contributed by atoms with Crippen LogP contribution in [-0.2, 0) is 6.54 Å². The molecule has 2 N–H and O–H groups in total. The van der Waals surface area contributed by atoms with Gasteiger partial charge >= 0.3 is 0 Å². The van der Waals surface area contributed by atoms with Crippen LogP contribution in [0.1, 0.15) is 12.6 Å². The summed E-state index contributed by atoms with van der Waals surface area (Å²) in [5, 5.41) is 1.02. The number of nitrogens with zero attached hydrogens (tertiary/aromatic N) is 2. The summed E-state index contributed by atoms with van der Waals surface area (Å²) >= 11 is 0. The molecule has 1 heterocycles. The van der Waals surface area contributed by atoms with Crippen molar-refractivity contribution in [2.24, 2.45) is 0 Å². The molecule has 0 unspecified atom stereocenters. The standard InChI is InChI=1S/C15H19N3/c1-11(2)9-18(3)10-12-8-14(16)13-6-4-5-7-15(13)17-12/h4-8H,1,9-10H2,2-3H3,(H2,16,17). The summed E-state index contributed by atoms with van der Waals surface area (Å²) in [5.41, 5.74) is 9.94. The molecule has 0 bridgehead atoms. The zero-order valence-electron chi connectivity index (χ0n) is 11.0. The number of pyridine rings is 1. The van der Waals surface area contributed by atoms with Gasteiger partial charge in [-0.2, -0.15) is 0 Å². The van der Waals surface area contributed by atoms with Crippen LogP contribution in [0.3, 0.4) is 0 Å². The molecule has 0 amide bonds. The summed E-state index contributed by atoms with van der Waals surface area (Å²) < 4.78 is 0. The van der Waals surface area contributed by atoms with Crippen molar-refractivity contribution >= 4 is 16.6 Å². The third-order valence-corrected chi connectivity index (χ3v) is 2.77. The number of para-hydroxylation sites is 1. The first-order valence-electron chi connectivity index (χ1n) is 6.03. The van der Waals surface area contributed by atoms with Gasteiger partial charge in [0.05, 0.1) is 11.2 Å². The van der Waals surface area contributed by atoms with Gasteiger partial charge in [0.15, 0.2) is 0 Å². The largest absolute Gasteiger partial charge is 0.398 e. The Labute approximate surface area is 108 Å². The number of nitrogen functional groups attached to an aromatic ring is 1. The lowest BCUT2D eigenvalue weighted by molar-refractivity contribution is 0.351. The second-order valence-corrected chi connectivity index (χ2v) is 4.85. The van der Waals surface area contributed by atoms with E-state index < -0.39 is 0 Å². The molecule has 0 spiro atoms. The topological polar surface area (TPSA) is 42.1 Å². The molecule has 0 saturated heterocycles. The molecule has 3 heteroatoms. The average molecular weight is 241 g/mol. The van der Waals surface area contributed by atoms with E-state index >= 15 is 0 Å². The number of hydrogen-bond donors (Lipinski definition) is 1. The normalized spacial score (nSPS) is 11.1. The van der Waals surface area contributed by atoms with Crippen molar-refractivity contribution in [3.8, 4) is 0 Å². The number of aromatic nitrogens is 1. The van der Waals surface area contributed by atoms with Crippen molar-refractivity contribution in [1.82, 2.24) is 9.88 Å². The highest BCUT2D eigenvalue weighted by molar-refractivity contribution is 5.90. The van der Waals surface area contributed by atoms with Gasteiger partial charge in [-0.25, -0.2) is 0 Å². The Bertz CT molecular complexity index is 575. The van der Waals surface area contributed by atoms with E-state index in [1.54, 1.807) is 0 Å². The minimum absolute atomic E-state index is 0.780. The van der Waals surface area contributed by atoms with Crippen LogP contribution in [0.15, 0.2) is 42.5 Å². The number of anilines is 1. The van der Waals surface area contributed by atoms with Gasteiger partial charge in [-0.3, -0.25) is 9.88 Å². The monoisotopic (exact) mass is 241 g/mol. The number of likely N-dealkylation sites (N-methyl/N-ethyl adjacent to an activating group) is 1. The molecule has 1 aromatic carbocycles. The fourth-order valence-corrected chi connectivity index (χ4v) is 2.13. The van der Waals surface area contributed by atoms with Crippen LogP contribution in [-0.4, -0.2) is 23.5 Å². The maximum absolute atomic E-state index is 6.06. The van der Waals surface area contributed by atoms with Crippen molar-refractivity contribution < 1.29 is 0 Å². The predicted octanol–water partition coefficient (Wildman–Crippen LogP) is 2.82. The van der Waals surface area contributed by atoms with Crippen LogP contribution in [0, 0.1) is 0 Å². The van der Waals surface area contributed by atoms with Gasteiger partial charge in [0.2, 0.25) is 0 Å². The highest BCUT2D eigenvalue weighted by Gasteiger charge is 2.05. The Morgan fingerprint density at radius 3 is 2.83 bits per heavy atom. The zero-order chi connectivity index (χ0) is 13.1. The van der Waals surface area contributed by atoms with Gasteiger partial charge in [-0.1, -0.05) is 30.4 Å². The van der Waals surface area contributed by atoms with E-state index in [1.165, 1.54) is 0 Å². The molecule has 2 aromatic rings. The van der Waals surface area contributed by atoms with Crippen molar-refractivity contribution in [3.63, 3.8) is 0 Å². The summed E-state index contributed by atoms with van der Waals surface area (Å²) in [7, 11) is 2.06. The molecule has 0 aliphatic heterocycles. The molecule has 0 saturated carbocycles. The van der Waals surface area contributed by atoms with Crippen LogP contribution in [0.4, 0.5) is 5.69 Å². The van der Waals surface area contributed by atoms with E-state index in [0.717, 1.165) is 40.9 Å². The minimum atomic E-state index is 0.780. The summed E-state index contributed by atoms with van der Waals surface area (Å²) in [4.78, 5) is 6.81. The summed E-state index contributed by atoms with van der Waals surface area (Å²) in [5.74, 6) is 0. The molecule has 0 fully saturated rings. The predicted molar refractivity (Wildman–Crippen MR) is 77.3 cm³/mol. The molecule has 0 radical (unpaired) electrons. The Morgan fingerprint density at radius 2 is 2.11 bits per heavy atom. The van der Waals surface area contributed by atoms with Gasteiger partial charge in [-0.05, 0) is 26.1 Å². The second kappa shape index (κ2) is 5.19. The molecule has 0 atom stereocenters. The van der Waals surface area contributed by atoms with E-state index in [-0.39, 0.29) is 0 Å². The van der Waals surface area contributed by atoms with Gasteiger partial charge in [0.1, 0.15) is 0 Å². The van der Waals surface area contributed by atoms with E-state index in [1.807, 2.05) is 37.3 Å². The lowest BCUT2D eigenvalue weighted by Gasteiger charge is -2.16. The maximum Gasteiger partial charge on any atom is 0.0726 e. The number of hydrogen-bond acceptors (Lipinski definition) is 3. The quantitative estimate of drug-likeness (QED) is 0.837. The smallest absolute Gasteiger partial charge is 0.0726 e. The van der Waals surface area contributed by atoms with Crippen molar-refractivity contribution in [3.05, 3.63) is 48.2 Å². The van der Waals surface area contributed by atoms with Crippen LogP contribution in [0.25, 0.3) is 10.9 Å². The van der Waals surface area contributed by atoms with Crippen LogP contribution in [0.2, 0.25) is 0 Å². The van der Waals surface area contributed by atoms with Gasteiger partial charge in [-0.15, -0.1) is 0 Å². The number of benzene rings is 1. The number of fused-ring (bicyclic) bond motifs is 1. The zero-order valence-corrected chi connectivity index (χ0v) is 11.0. The Morgan fingerprint density at radius 1 is 1.39 bits per heavy atom. The van der Waals surface area contributed by atoms with E-state index in [2.05, 4.69) is 23.5 Å². The molecule has 2 rings (SSSR count). The van der Waals surface area contributed by atoms with E-state index in [4.69, 9.17) is 5.73 Å². The summed E-state index contributed by atoms with van der Waals surface area (Å²) in [6, 6.07) is 9.91. The first-order chi connectivity index (χ1) is 8.56. The SMILES string of the molecule is C=C(C)CN(C)Cc1cc(N)c2ccccc2n1. The lowest BCUT2D eigenvalue weighted by atomic mass is 10.1. The van der Waals surface area contributed by atoms with E-state index in [9.17, 15) is 0 Å². The minimum Gasteiger partial charge on any atom is -0.398 e. The fourth-order valence-electron chi connectivity index (χ4n) is 2.13. The molecule has 0 aliphatic rings. The first-order valence-corrected chi connectivity index (χ1v) is 6.03. The lowest BCUT2D eigenvalue weighted by Crippen LogP contribution is -2.20. The highest BCUT2D eigenvalue weighted by Crippen LogP contribution is 2.20.